The Morgan fingerprint density at radius 2 is 1.94 bits per heavy atom. The average Bonchev–Trinajstić information content (AvgIpc) is 2.70. The lowest BCUT2D eigenvalue weighted by molar-refractivity contribution is 0.0962. The number of carbonyl (C=O) groups excluding carboxylic acids is 1. The van der Waals surface area contributed by atoms with E-state index < -0.39 is 6.04 Å². The third-order valence-corrected chi connectivity index (χ3v) is 2.72. The van der Waals surface area contributed by atoms with Gasteiger partial charge in [0.25, 0.3) is 0 Å². The van der Waals surface area contributed by atoms with Crippen LogP contribution in [0.1, 0.15) is 42.7 Å². The molecule has 2 N–H and O–H groups in total. The number of fused-ring (bicyclic) bond motifs is 1. The van der Waals surface area contributed by atoms with E-state index in [0.717, 1.165) is 5.56 Å². The van der Waals surface area contributed by atoms with Gasteiger partial charge in [0.2, 0.25) is 5.78 Å². The van der Waals surface area contributed by atoms with Gasteiger partial charge in [0, 0.05) is 12.4 Å². The molecule has 5 nitrogen and oxygen atoms in total. The number of hydrogen-bond donors (Lipinski definition) is 1. The second kappa shape index (κ2) is 4.25. The zero-order chi connectivity index (χ0) is 12.6. The van der Waals surface area contributed by atoms with Crippen molar-refractivity contribution < 1.29 is 4.79 Å². The van der Waals surface area contributed by atoms with Crippen LogP contribution >= 0.6 is 0 Å². The van der Waals surface area contributed by atoms with Crippen molar-refractivity contribution in [2.75, 3.05) is 0 Å². The minimum Gasteiger partial charge on any atom is -0.321 e. The van der Waals surface area contributed by atoms with Crippen molar-refractivity contribution >= 4 is 11.6 Å². The minimum absolute atomic E-state index is 0.125. The van der Waals surface area contributed by atoms with Crippen LogP contribution in [0.25, 0.3) is 5.78 Å². The summed E-state index contributed by atoms with van der Waals surface area (Å²) in [5.74, 6) is 0.756. The molecule has 0 aliphatic carbocycles. The summed E-state index contributed by atoms with van der Waals surface area (Å²) in [4.78, 5) is 20.2. The average molecular weight is 232 g/mol. The molecule has 0 amide bonds. The molecule has 0 fully saturated rings. The molecule has 2 aromatic rings. The number of Topliss-reactive ketones (excluding diaryl/α,β-unsaturated/α-hetero) is 1. The fourth-order valence-corrected chi connectivity index (χ4v) is 1.60. The van der Waals surface area contributed by atoms with Gasteiger partial charge in [-0.3, -0.25) is 9.20 Å². The lowest BCUT2D eigenvalue weighted by Crippen LogP contribution is -2.27. The van der Waals surface area contributed by atoms with Gasteiger partial charge in [0.15, 0.2) is 5.78 Å². The van der Waals surface area contributed by atoms with Crippen LogP contribution < -0.4 is 5.73 Å². The Balaban J connectivity index is 2.58. The molecule has 2 rings (SSSR count). The zero-order valence-corrected chi connectivity index (χ0v) is 10.2. The smallest absolute Gasteiger partial charge is 0.234 e. The van der Waals surface area contributed by atoms with E-state index in [1.807, 2.05) is 6.20 Å². The molecule has 1 unspecified atom stereocenters. The molecule has 5 heteroatoms. The van der Waals surface area contributed by atoms with Crippen LogP contribution in [0.5, 0.6) is 0 Å². The molecule has 17 heavy (non-hydrogen) atoms. The maximum atomic E-state index is 11.9. The first-order chi connectivity index (χ1) is 8.00. The summed E-state index contributed by atoms with van der Waals surface area (Å²) >= 11 is 0. The van der Waals surface area contributed by atoms with Crippen molar-refractivity contribution in [3.8, 4) is 0 Å². The van der Waals surface area contributed by atoms with E-state index in [9.17, 15) is 4.79 Å². The van der Waals surface area contributed by atoms with Gasteiger partial charge in [-0.25, -0.2) is 9.97 Å². The maximum absolute atomic E-state index is 11.9. The fourth-order valence-electron chi connectivity index (χ4n) is 1.60. The molecule has 0 saturated heterocycles. The third-order valence-electron chi connectivity index (χ3n) is 2.72. The molecule has 0 saturated carbocycles. The summed E-state index contributed by atoms with van der Waals surface area (Å²) in [5.41, 5.74) is 7.16. The molecule has 0 aliphatic rings. The summed E-state index contributed by atoms with van der Waals surface area (Å²) in [6.45, 7) is 5.82. The van der Waals surface area contributed by atoms with Gasteiger partial charge < -0.3 is 5.73 Å². The van der Waals surface area contributed by atoms with Crippen LogP contribution in [0, 0.1) is 0 Å². The van der Waals surface area contributed by atoms with Crippen LogP contribution in [0.3, 0.4) is 0 Å². The van der Waals surface area contributed by atoms with Crippen LogP contribution in [0.2, 0.25) is 0 Å². The van der Waals surface area contributed by atoms with Crippen molar-refractivity contribution in [1.82, 2.24) is 14.4 Å². The van der Waals surface area contributed by atoms with Crippen LogP contribution in [-0.2, 0) is 0 Å². The summed E-state index contributed by atoms with van der Waals surface area (Å²) < 4.78 is 1.71. The number of hydrogen-bond acceptors (Lipinski definition) is 4. The molecule has 2 heterocycles. The van der Waals surface area contributed by atoms with Crippen molar-refractivity contribution in [1.29, 1.82) is 0 Å². The maximum Gasteiger partial charge on any atom is 0.234 e. The Labute approximate surface area is 99.7 Å². The van der Waals surface area contributed by atoms with E-state index in [1.54, 1.807) is 17.5 Å². The number of nitrogens with two attached hydrogens (primary N) is 1. The third kappa shape index (κ3) is 2.06. The predicted octanol–water partition coefficient (Wildman–Crippen LogP) is 1.38. The second-order valence-electron chi connectivity index (χ2n) is 4.51. The van der Waals surface area contributed by atoms with Crippen molar-refractivity contribution in [2.24, 2.45) is 5.73 Å². The number of carbonyl (C=O) groups is 1. The highest BCUT2D eigenvalue weighted by atomic mass is 16.1. The molecule has 0 aliphatic heterocycles. The molecule has 1 atom stereocenters. The van der Waals surface area contributed by atoms with E-state index >= 15 is 0 Å². The van der Waals surface area contributed by atoms with Gasteiger partial charge in [-0.05, 0) is 18.4 Å². The Bertz CT molecular complexity index is 557. The lowest BCUT2D eigenvalue weighted by atomic mass is 10.1. The van der Waals surface area contributed by atoms with Crippen molar-refractivity contribution in [2.45, 2.75) is 32.7 Å². The number of imidazole rings is 1. The summed E-state index contributed by atoms with van der Waals surface area (Å²) in [6.07, 6.45) is 5.21. The largest absolute Gasteiger partial charge is 0.321 e. The summed E-state index contributed by atoms with van der Waals surface area (Å²) in [6, 6.07) is -0.530. The molecule has 2 aromatic heterocycles. The Hall–Kier alpha value is -1.75. The van der Waals surface area contributed by atoms with Gasteiger partial charge in [-0.1, -0.05) is 13.8 Å². The highest BCUT2D eigenvalue weighted by Gasteiger charge is 2.16. The topological polar surface area (TPSA) is 73.3 Å². The second-order valence-corrected chi connectivity index (χ2v) is 4.51. The highest BCUT2D eigenvalue weighted by molar-refractivity contribution is 5.98. The summed E-state index contributed by atoms with van der Waals surface area (Å²) in [5, 5.41) is 0. The monoisotopic (exact) mass is 232 g/mol. The molecule has 90 valence electrons. The normalized spacial score (nSPS) is 13.2. The Morgan fingerprint density at radius 3 is 2.53 bits per heavy atom. The van der Waals surface area contributed by atoms with Gasteiger partial charge >= 0.3 is 0 Å². The molecule has 0 bridgehead atoms. The fraction of sp³-hybridized carbons (Fsp3) is 0.417. The first-order valence-corrected chi connectivity index (χ1v) is 5.63. The minimum atomic E-state index is -0.530. The van der Waals surface area contributed by atoms with E-state index in [0.29, 0.717) is 17.4 Å². The predicted molar refractivity (Wildman–Crippen MR) is 65.1 cm³/mol. The van der Waals surface area contributed by atoms with Gasteiger partial charge in [-0.15, -0.1) is 0 Å². The van der Waals surface area contributed by atoms with E-state index in [4.69, 9.17) is 5.73 Å². The molecule has 0 aromatic carbocycles. The van der Waals surface area contributed by atoms with Crippen LogP contribution in [0.4, 0.5) is 0 Å². The van der Waals surface area contributed by atoms with E-state index in [-0.39, 0.29) is 5.78 Å². The standard InChI is InChI=1S/C12H16N4O/c1-7(2)9-4-14-12-15-5-10(16(12)6-9)11(17)8(3)13/h4-8H,13H2,1-3H3. The SMILES string of the molecule is CC(N)C(=O)c1cnc2ncc(C(C)C)cn12. The van der Waals surface area contributed by atoms with Crippen molar-refractivity contribution in [3.05, 3.63) is 29.8 Å². The van der Waals surface area contributed by atoms with Gasteiger partial charge in [0.05, 0.1) is 12.2 Å². The van der Waals surface area contributed by atoms with Gasteiger partial charge in [-0.2, -0.15) is 0 Å². The number of aromatic nitrogens is 3. The van der Waals surface area contributed by atoms with Crippen LogP contribution in [0.15, 0.2) is 18.6 Å². The number of nitrogens with zero attached hydrogens (tertiary/aromatic N) is 3. The van der Waals surface area contributed by atoms with Crippen LogP contribution in [-0.4, -0.2) is 26.2 Å². The zero-order valence-electron chi connectivity index (χ0n) is 10.2. The molecular formula is C12H16N4O. The number of ketones is 1. The summed E-state index contributed by atoms with van der Waals surface area (Å²) in [7, 11) is 0. The first-order valence-electron chi connectivity index (χ1n) is 5.63. The molecular weight excluding hydrogens is 216 g/mol. The quantitative estimate of drug-likeness (QED) is 0.811. The van der Waals surface area contributed by atoms with E-state index in [1.165, 1.54) is 6.20 Å². The van der Waals surface area contributed by atoms with Gasteiger partial charge in [0.1, 0.15) is 5.69 Å². The Morgan fingerprint density at radius 1 is 1.29 bits per heavy atom. The molecule has 0 spiro atoms. The first kappa shape index (κ1) is 11.7. The highest BCUT2D eigenvalue weighted by Crippen LogP contribution is 2.15. The lowest BCUT2D eigenvalue weighted by Gasteiger charge is -2.07. The van der Waals surface area contributed by atoms with E-state index in [2.05, 4.69) is 23.8 Å². The number of rotatable bonds is 3. The Kier molecular flexibility index (Phi) is 2.93. The molecule has 0 radical (unpaired) electrons. The van der Waals surface area contributed by atoms with Crippen molar-refractivity contribution in [3.63, 3.8) is 0 Å².